The van der Waals surface area contributed by atoms with Crippen molar-refractivity contribution in [2.45, 2.75) is 6.92 Å². The van der Waals surface area contributed by atoms with Crippen molar-refractivity contribution in [3.05, 3.63) is 62.8 Å². The summed E-state index contributed by atoms with van der Waals surface area (Å²) in [5, 5.41) is 0.593. The molecule has 0 heterocycles. The van der Waals surface area contributed by atoms with Crippen LogP contribution in [0.5, 0.6) is 5.75 Å². The van der Waals surface area contributed by atoms with Gasteiger partial charge in [0.25, 0.3) is 11.8 Å². The van der Waals surface area contributed by atoms with Gasteiger partial charge in [-0.1, -0.05) is 27.5 Å². The molecule has 24 heavy (non-hydrogen) atoms. The van der Waals surface area contributed by atoms with E-state index in [0.29, 0.717) is 15.2 Å². The van der Waals surface area contributed by atoms with Gasteiger partial charge in [0.05, 0.1) is 5.56 Å². The Kier molecular flexibility index (Phi) is 6.16. The fourth-order valence-corrected chi connectivity index (χ4v) is 2.24. The Bertz CT molecular complexity index is 786. The van der Waals surface area contributed by atoms with Crippen molar-refractivity contribution >= 4 is 39.3 Å². The molecule has 2 rings (SSSR count). The van der Waals surface area contributed by atoms with E-state index in [0.717, 1.165) is 11.6 Å². The van der Waals surface area contributed by atoms with E-state index in [4.69, 9.17) is 16.3 Å². The molecule has 0 bridgehead atoms. The summed E-state index contributed by atoms with van der Waals surface area (Å²) in [7, 11) is 0. The molecule has 0 saturated heterocycles. The molecule has 2 aromatic rings. The topological polar surface area (TPSA) is 67.4 Å². The third-order valence-corrected chi connectivity index (χ3v) is 3.91. The van der Waals surface area contributed by atoms with Crippen LogP contribution in [0.3, 0.4) is 0 Å². The molecule has 0 spiro atoms. The number of hydrogen-bond acceptors (Lipinski definition) is 3. The monoisotopic (exact) mass is 414 g/mol. The Hall–Kier alpha value is -2.12. The molecule has 0 atom stereocenters. The van der Waals surface area contributed by atoms with E-state index < -0.39 is 17.6 Å². The number of amides is 2. The quantitative estimate of drug-likeness (QED) is 0.752. The zero-order valence-electron chi connectivity index (χ0n) is 12.5. The molecule has 0 aliphatic heterocycles. The lowest BCUT2D eigenvalue weighted by Gasteiger charge is -2.10. The molecule has 0 fully saturated rings. The van der Waals surface area contributed by atoms with Crippen molar-refractivity contribution in [1.29, 1.82) is 0 Å². The van der Waals surface area contributed by atoms with Crippen LogP contribution < -0.4 is 15.6 Å². The smallest absolute Gasteiger partial charge is 0.276 e. The molecule has 0 unspecified atom stereocenters. The van der Waals surface area contributed by atoms with Crippen LogP contribution >= 0.6 is 27.5 Å². The highest BCUT2D eigenvalue weighted by Crippen LogP contribution is 2.20. The minimum Gasteiger partial charge on any atom is -0.484 e. The van der Waals surface area contributed by atoms with Crippen LogP contribution in [0.2, 0.25) is 5.02 Å². The first kappa shape index (κ1) is 18.2. The average molecular weight is 416 g/mol. The predicted octanol–water partition coefficient (Wildman–Crippen LogP) is 3.39. The number of benzene rings is 2. The fraction of sp³-hybridized carbons (Fsp3) is 0.125. The molecular formula is C16H13BrClFN2O3. The number of ether oxygens (including phenoxy) is 1. The van der Waals surface area contributed by atoms with E-state index >= 15 is 0 Å². The van der Waals surface area contributed by atoms with Gasteiger partial charge in [-0.2, -0.15) is 0 Å². The van der Waals surface area contributed by atoms with Gasteiger partial charge in [-0.3, -0.25) is 20.4 Å². The van der Waals surface area contributed by atoms with E-state index in [1.807, 2.05) is 6.92 Å². The molecule has 2 N–H and O–H groups in total. The van der Waals surface area contributed by atoms with Crippen molar-refractivity contribution in [1.82, 2.24) is 10.9 Å². The molecule has 0 aliphatic carbocycles. The summed E-state index contributed by atoms with van der Waals surface area (Å²) in [5.41, 5.74) is 4.89. The van der Waals surface area contributed by atoms with Crippen molar-refractivity contribution in [2.24, 2.45) is 0 Å². The maximum Gasteiger partial charge on any atom is 0.276 e. The Morgan fingerprint density at radius 2 is 1.96 bits per heavy atom. The Labute approximate surface area is 151 Å². The van der Waals surface area contributed by atoms with Gasteiger partial charge in [-0.05, 0) is 48.9 Å². The third-order valence-electron chi connectivity index (χ3n) is 2.99. The maximum absolute atomic E-state index is 13.6. The summed E-state index contributed by atoms with van der Waals surface area (Å²) < 4.78 is 19.4. The lowest BCUT2D eigenvalue weighted by atomic mass is 10.2. The zero-order valence-corrected chi connectivity index (χ0v) is 14.9. The number of halogens is 3. The molecule has 0 saturated carbocycles. The molecule has 0 radical (unpaired) electrons. The summed E-state index contributed by atoms with van der Waals surface area (Å²) in [5.74, 6) is -1.59. The molecule has 2 amide bonds. The molecule has 0 aromatic heterocycles. The number of nitrogens with one attached hydrogen (secondary N) is 2. The summed E-state index contributed by atoms with van der Waals surface area (Å²) in [6.45, 7) is 1.49. The van der Waals surface area contributed by atoms with Crippen LogP contribution in [0.1, 0.15) is 15.9 Å². The van der Waals surface area contributed by atoms with Gasteiger partial charge in [0.1, 0.15) is 11.6 Å². The van der Waals surface area contributed by atoms with Gasteiger partial charge in [-0.25, -0.2) is 4.39 Å². The Morgan fingerprint density at radius 3 is 2.67 bits per heavy atom. The van der Waals surface area contributed by atoms with Crippen LogP contribution in [0, 0.1) is 12.7 Å². The van der Waals surface area contributed by atoms with Gasteiger partial charge < -0.3 is 4.74 Å². The van der Waals surface area contributed by atoms with E-state index in [1.165, 1.54) is 12.1 Å². The van der Waals surface area contributed by atoms with Gasteiger partial charge in [-0.15, -0.1) is 0 Å². The van der Waals surface area contributed by atoms with Crippen LogP contribution in [0.4, 0.5) is 4.39 Å². The predicted molar refractivity (Wildman–Crippen MR) is 91.4 cm³/mol. The van der Waals surface area contributed by atoms with Crippen molar-refractivity contribution in [3.8, 4) is 5.75 Å². The molecule has 5 nitrogen and oxygen atoms in total. The van der Waals surface area contributed by atoms with Gasteiger partial charge >= 0.3 is 0 Å². The third kappa shape index (κ3) is 4.94. The van der Waals surface area contributed by atoms with Crippen molar-refractivity contribution in [2.75, 3.05) is 6.61 Å². The van der Waals surface area contributed by atoms with Gasteiger partial charge in [0.15, 0.2) is 6.61 Å². The van der Waals surface area contributed by atoms with E-state index in [1.54, 1.807) is 18.2 Å². The fourth-order valence-electron chi connectivity index (χ4n) is 1.76. The Morgan fingerprint density at radius 1 is 1.21 bits per heavy atom. The molecular weight excluding hydrogens is 403 g/mol. The lowest BCUT2D eigenvalue weighted by molar-refractivity contribution is -0.123. The first-order valence-corrected chi connectivity index (χ1v) is 7.97. The van der Waals surface area contributed by atoms with Crippen molar-refractivity contribution < 1.29 is 18.7 Å². The van der Waals surface area contributed by atoms with E-state index in [-0.39, 0.29) is 12.2 Å². The number of carbonyl (C=O) groups excluding carboxylic acids is 2. The second-order valence-electron chi connectivity index (χ2n) is 4.83. The van der Waals surface area contributed by atoms with E-state index in [9.17, 15) is 14.0 Å². The van der Waals surface area contributed by atoms with Gasteiger partial charge in [0, 0.05) is 9.50 Å². The highest BCUT2D eigenvalue weighted by atomic mass is 79.9. The van der Waals surface area contributed by atoms with Crippen LogP contribution in [-0.2, 0) is 4.79 Å². The highest BCUT2D eigenvalue weighted by Gasteiger charge is 2.13. The number of rotatable bonds is 4. The SMILES string of the molecule is Cc1cc(OCC(=O)NNC(=O)c2cc(Br)ccc2F)ccc1Cl. The lowest BCUT2D eigenvalue weighted by Crippen LogP contribution is -2.44. The molecule has 126 valence electrons. The van der Waals surface area contributed by atoms with Crippen LogP contribution in [0.25, 0.3) is 0 Å². The minimum atomic E-state index is -0.774. The van der Waals surface area contributed by atoms with Crippen molar-refractivity contribution in [3.63, 3.8) is 0 Å². The summed E-state index contributed by atoms with van der Waals surface area (Å²) in [6.07, 6.45) is 0. The first-order chi connectivity index (χ1) is 11.4. The second kappa shape index (κ2) is 8.12. The summed E-state index contributed by atoms with van der Waals surface area (Å²) >= 11 is 9.04. The number of hydrazine groups is 1. The number of aryl methyl sites for hydroxylation is 1. The summed E-state index contributed by atoms with van der Waals surface area (Å²) in [4.78, 5) is 23.5. The normalized spacial score (nSPS) is 10.2. The second-order valence-corrected chi connectivity index (χ2v) is 6.15. The molecule has 0 aliphatic rings. The highest BCUT2D eigenvalue weighted by molar-refractivity contribution is 9.10. The summed E-state index contributed by atoms with van der Waals surface area (Å²) in [6, 6.07) is 8.88. The molecule has 8 heteroatoms. The van der Waals surface area contributed by atoms with E-state index in [2.05, 4.69) is 26.8 Å². The maximum atomic E-state index is 13.6. The Balaban J connectivity index is 1.85. The zero-order chi connectivity index (χ0) is 17.7. The minimum absolute atomic E-state index is 0.195. The van der Waals surface area contributed by atoms with Crippen LogP contribution in [0.15, 0.2) is 40.9 Å². The first-order valence-electron chi connectivity index (χ1n) is 6.80. The van der Waals surface area contributed by atoms with Gasteiger partial charge in [0.2, 0.25) is 0 Å². The van der Waals surface area contributed by atoms with Crippen LogP contribution in [-0.4, -0.2) is 18.4 Å². The molecule has 2 aromatic carbocycles. The standard InChI is InChI=1S/C16H13BrClFN2O3/c1-9-6-11(3-4-13(9)18)24-8-15(22)20-21-16(23)12-7-10(17)2-5-14(12)19/h2-7H,8H2,1H3,(H,20,22)(H,21,23). The number of carbonyl (C=O) groups is 2. The largest absolute Gasteiger partial charge is 0.484 e. The average Bonchev–Trinajstić information content (AvgIpc) is 2.56. The number of hydrogen-bond donors (Lipinski definition) is 2.